The number of ether oxygens (including phenoxy) is 1. The second kappa shape index (κ2) is 9.10. The molecular formula is C19H23ClN2O4S. The average molecular weight is 411 g/mol. The molecule has 146 valence electrons. The summed E-state index contributed by atoms with van der Waals surface area (Å²) in [4.78, 5) is 12.3. The number of hydrogen-bond donors (Lipinski definition) is 2. The lowest BCUT2D eigenvalue weighted by Gasteiger charge is -2.16. The molecule has 0 unspecified atom stereocenters. The van der Waals surface area contributed by atoms with Crippen molar-refractivity contribution in [3.8, 4) is 5.75 Å². The van der Waals surface area contributed by atoms with Crippen LogP contribution in [0.15, 0.2) is 47.4 Å². The van der Waals surface area contributed by atoms with Crippen molar-refractivity contribution in [1.82, 2.24) is 5.32 Å². The minimum Gasteiger partial charge on any atom is -0.495 e. The van der Waals surface area contributed by atoms with E-state index in [9.17, 15) is 13.2 Å². The normalized spacial score (nSPS) is 11.3. The van der Waals surface area contributed by atoms with E-state index in [0.717, 1.165) is 12.8 Å². The van der Waals surface area contributed by atoms with Gasteiger partial charge in [-0.1, -0.05) is 37.6 Å². The third-order valence-electron chi connectivity index (χ3n) is 4.16. The van der Waals surface area contributed by atoms with Crippen molar-refractivity contribution in [3.05, 3.63) is 53.1 Å². The van der Waals surface area contributed by atoms with Crippen LogP contribution in [-0.4, -0.2) is 27.5 Å². The van der Waals surface area contributed by atoms with Gasteiger partial charge in [-0.25, -0.2) is 8.42 Å². The van der Waals surface area contributed by atoms with Gasteiger partial charge in [0, 0.05) is 11.6 Å². The number of hydrogen-bond acceptors (Lipinski definition) is 4. The molecule has 0 aliphatic carbocycles. The number of amides is 1. The Morgan fingerprint density at radius 3 is 2.44 bits per heavy atom. The summed E-state index contributed by atoms with van der Waals surface area (Å²) >= 11 is 6.10. The SMILES string of the molecule is CCC(CC)NC(=O)c1ccc(Cl)c(S(=O)(=O)Nc2ccccc2OC)c1. The Hall–Kier alpha value is -2.25. The second-order valence-electron chi connectivity index (χ2n) is 5.94. The largest absolute Gasteiger partial charge is 0.495 e. The zero-order chi connectivity index (χ0) is 20.0. The molecule has 0 fully saturated rings. The van der Waals surface area contributed by atoms with Gasteiger partial charge in [0.2, 0.25) is 0 Å². The van der Waals surface area contributed by atoms with Crippen LogP contribution in [-0.2, 0) is 10.0 Å². The minimum atomic E-state index is -4.01. The van der Waals surface area contributed by atoms with Gasteiger partial charge in [-0.2, -0.15) is 0 Å². The monoisotopic (exact) mass is 410 g/mol. The zero-order valence-electron chi connectivity index (χ0n) is 15.5. The van der Waals surface area contributed by atoms with Crippen LogP contribution in [0.1, 0.15) is 37.0 Å². The van der Waals surface area contributed by atoms with Crippen molar-refractivity contribution in [2.24, 2.45) is 0 Å². The number of halogens is 1. The molecule has 1 amide bonds. The molecule has 2 N–H and O–H groups in total. The number of anilines is 1. The summed E-state index contributed by atoms with van der Waals surface area (Å²) in [6.07, 6.45) is 1.58. The molecule has 6 nitrogen and oxygen atoms in total. The Morgan fingerprint density at radius 2 is 1.81 bits per heavy atom. The first-order valence-electron chi connectivity index (χ1n) is 8.58. The number of carbonyl (C=O) groups is 1. The fraction of sp³-hybridized carbons (Fsp3) is 0.316. The van der Waals surface area contributed by atoms with Gasteiger partial charge in [0.05, 0.1) is 17.8 Å². The number of sulfonamides is 1. The standard InChI is InChI=1S/C19H23ClN2O4S/c1-4-14(5-2)21-19(23)13-10-11-15(20)18(12-13)27(24,25)22-16-8-6-7-9-17(16)26-3/h6-12,14,22H,4-5H2,1-3H3,(H,21,23). The van der Waals surface area contributed by atoms with Crippen LogP contribution in [0.2, 0.25) is 5.02 Å². The highest BCUT2D eigenvalue weighted by Gasteiger charge is 2.22. The van der Waals surface area contributed by atoms with Crippen molar-refractivity contribution in [2.75, 3.05) is 11.8 Å². The van der Waals surface area contributed by atoms with Gasteiger partial charge in [-0.3, -0.25) is 9.52 Å². The van der Waals surface area contributed by atoms with Crippen LogP contribution < -0.4 is 14.8 Å². The number of benzene rings is 2. The fourth-order valence-electron chi connectivity index (χ4n) is 2.54. The maximum Gasteiger partial charge on any atom is 0.263 e. The highest BCUT2D eigenvalue weighted by atomic mass is 35.5. The van der Waals surface area contributed by atoms with E-state index in [4.69, 9.17) is 16.3 Å². The van der Waals surface area contributed by atoms with E-state index in [0.29, 0.717) is 5.75 Å². The summed E-state index contributed by atoms with van der Waals surface area (Å²) in [6.45, 7) is 3.95. The van der Waals surface area contributed by atoms with Gasteiger partial charge in [0.1, 0.15) is 10.6 Å². The first-order chi connectivity index (χ1) is 12.8. The van der Waals surface area contributed by atoms with Gasteiger partial charge in [0.15, 0.2) is 0 Å². The van der Waals surface area contributed by atoms with E-state index in [2.05, 4.69) is 10.0 Å². The average Bonchev–Trinajstić information content (AvgIpc) is 2.66. The van der Waals surface area contributed by atoms with E-state index in [-0.39, 0.29) is 33.1 Å². The zero-order valence-corrected chi connectivity index (χ0v) is 17.0. The van der Waals surface area contributed by atoms with Gasteiger partial charge in [-0.05, 0) is 43.2 Å². The van der Waals surface area contributed by atoms with E-state index in [1.807, 2.05) is 13.8 Å². The molecule has 0 atom stereocenters. The third-order valence-corrected chi connectivity index (χ3v) is 6.00. The van der Waals surface area contributed by atoms with Crippen LogP contribution in [0.3, 0.4) is 0 Å². The van der Waals surface area contributed by atoms with E-state index in [1.54, 1.807) is 24.3 Å². The Bertz CT molecular complexity index is 912. The molecule has 0 aromatic heterocycles. The van der Waals surface area contributed by atoms with Gasteiger partial charge in [-0.15, -0.1) is 0 Å². The quantitative estimate of drug-likeness (QED) is 0.687. The number of methoxy groups -OCH3 is 1. The molecular weight excluding hydrogens is 388 g/mol. The lowest BCUT2D eigenvalue weighted by atomic mass is 10.1. The van der Waals surface area contributed by atoms with Gasteiger partial charge < -0.3 is 10.1 Å². The highest BCUT2D eigenvalue weighted by Crippen LogP contribution is 2.29. The number of nitrogens with one attached hydrogen (secondary N) is 2. The predicted octanol–water partition coefficient (Wildman–Crippen LogP) is 4.07. The maximum atomic E-state index is 12.8. The van der Waals surface area contributed by atoms with Crippen molar-refractivity contribution in [3.63, 3.8) is 0 Å². The van der Waals surface area contributed by atoms with Crippen LogP contribution in [0.4, 0.5) is 5.69 Å². The Labute approximate surface area is 164 Å². The van der Waals surface area contributed by atoms with Gasteiger partial charge >= 0.3 is 0 Å². The molecule has 2 rings (SSSR count). The summed E-state index contributed by atoms with van der Waals surface area (Å²) in [5, 5.41) is 2.91. The molecule has 0 radical (unpaired) electrons. The molecule has 0 spiro atoms. The van der Waals surface area contributed by atoms with E-state index in [1.165, 1.54) is 25.3 Å². The lowest BCUT2D eigenvalue weighted by molar-refractivity contribution is 0.0934. The Balaban J connectivity index is 2.35. The summed E-state index contributed by atoms with van der Waals surface area (Å²) in [5.41, 5.74) is 0.509. The van der Waals surface area contributed by atoms with Crippen LogP contribution in [0, 0.1) is 0 Å². The molecule has 2 aromatic rings. The lowest BCUT2D eigenvalue weighted by Crippen LogP contribution is -2.33. The molecule has 0 aliphatic heterocycles. The van der Waals surface area contributed by atoms with Crippen molar-refractivity contribution in [2.45, 2.75) is 37.6 Å². The predicted molar refractivity (Wildman–Crippen MR) is 107 cm³/mol. The highest BCUT2D eigenvalue weighted by molar-refractivity contribution is 7.92. The maximum absolute atomic E-state index is 12.8. The topological polar surface area (TPSA) is 84.5 Å². The first-order valence-corrected chi connectivity index (χ1v) is 10.4. The van der Waals surface area contributed by atoms with E-state index >= 15 is 0 Å². The minimum absolute atomic E-state index is 0.0245. The summed E-state index contributed by atoms with van der Waals surface area (Å²) in [7, 11) is -2.57. The van der Waals surface area contributed by atoms with Crippen LogP contribution in [0.5, 0.6) is 5.75 Å². The van der Waals surface area contributed by atoms with Crippen LogP contribution in [0.25, 0.3) is 0 Å². The molecule has 0 saturated carbocycles. The number of para-hydroxylation sites is 2. The molecule has 2 aromatic carbocycles. The summed E-state index contributed by atoms with van der Waals surface area (Å²) < 4.78 is 33.3. The molecule has 0 bridgehead atoms. The number of carbonyl (C=O) groups excluding carboxylic acids is 1. The fourth-order valence-corrected chi connectivity index (χ4v) is 4.14. The summed E-state index contributed by atoms with van der Waals surface area (Å²) in [5.74, 6) is 0.0361. The molecule has 27 heavy (non-hydrogen) atoms. The van der Waals surface area contributed by atoms with Gasteiger partial charge in [0.25, 0.3) is 15.9 Å². The smallest absolute Gasteiger partial charge is 0.263 e. The molecule has 0 saturated heterocycles. The number of rotatable bonds is 8. The molecule has 0 aliphatic rings. The second-order valence-corrected chi connectivity index (χ2v) is 8.00. The summed E-state index contributed by atoms with van der Waals surface area (Å²) in [6, 6.07) is 10.8. The molecule has 0 heterocycles. The van der Waals surface area contributed by atoms with E-state index < -0.39 is 10.0 Å². The molecule has 8 heteroatoms. The third kappa shape index (κ3) is 5.14. The van der Waals surface area contributed by atoms with Crippen molar-refractivity contribution >= 4 is 33.2 Å². The van der Waals surface area contributed by atoms with Crippen molar-refractivity contribution in [1.29, 1.82) is 0 Å². The van der Waals surface area contributed by atoms with Crippen molar-refractivity contribution < 1.29 is 17.9 Å². The Morgan fingerprint density at radius 1 is 1.15 bits per heavy atom. The Kier molecular flexibility index (Phi) is 7.10. The first kappa shape index (κ1) is 21.1. The van der Waals surface area contributed by atoms with Crippen LogP contribution >= 0.6 is 11.6 Å².